The second kappa shape index (κ2) is 67.3. The van der Waals surface area contributed by atoms with Crippen LogP contribution in [0.5, 0.6) is 0 Å². The molecule has 0 aliphatic carbocycles. The number of carbonyl (C=O) groups is 2. The zero-order chi connectivity index (χ0) is 56.4. The quantitative estimate of drug-likeness (QED) is 0.0320. The SMILES string of the molecule is CCCC/C=C\C/C=C\CCCCCCCC(=O)OCCCCCCCCCCCCCC/C=C\CCCCCCCCCCCCCCCCCCCC(=O)NC(CO)C(O)/C=C/CCCCCCCCCCCCCC. The van der Waals surface area contributed by atoms with Crippen LogP contribution < -0.4 is 5.32 Å². The third-order valence-corrected chi connectivity index (χ3v) is 16.1. The fourth-order valence-corrected chi connectivity index (χ4v) is 10.7. The van der Waals surface area contributed by atoms with Crippen LogP contribution >= 0.6 is 0 Å². The van der Waals surface area contributed by atoms with Crippen LogP contribution in [0, 0.1) is 0 Å². The Labute approximate surface area is 486 Å². The van der Waals surface area contributed by atoms with Gasteiger partial charge in [0.15, 0.2) is 0 Å². The number of amides is 1. The van der Waals surface area contributed by atoms with Gasteiger partial charge < -0.3 is 20.3 Å². The van der Waals surface area contributed by atoms with Crippen LogP contribution in [0.15, 0.2) is 48.6 Å². The molecule has 0 aliphatic heterocycles. The Morgan fingerprint density at radius 2 is 0.654 bits per heavy atom. The van der Waals surface area contributed by atoms with E-state index in [0.29, 0.717) is 19.4 Å². The Hall–Kier alpha value is -2.18. The second-order valence-electron chi connectivity index (χ2n) is 23.9. The smallest absolute Gasteiger partial charge is 0.305 e. The first-order valence-corrected chi connectivity index (χ1v) is 34.9. The van der Waals surface area contributed by atoms with Gasteiger partial charge in [-0.25, -0.2) is 0 Å². The lowest BCUT2D eigenvalue weighted by Crippen LogP contribution is -2.45. The number of esters is 1. The summed E-state index contributed by atoms with van der Waals surface area (Å²) in [5.41, 5.74) is 0. The molecule has 0 radical (unpaired) electrons. The predicted molar refractivity (Wildman–Crippen MR) is 342 cm³/mol. The van der Waals surface area contributed by atoms with E-state index in [4.69, 9.17) is 4.74 Å². The van der Waals surface area contributed by atoms with Crippen molar-refractivity contribution in [3.05, 3.63) is 48.6 Å². The molecule has 0 aliphatic rings. The Bertz CT molecular complexity index is 1310. The molecule has 6 heteroatoms. The van der Waals surface area contributed by atoms with E-state index in [1.807, 2.05) is 6.08 Å². The van der Waals surface area contributed by atoms with Gasteiger partial charge in [0.1, 0.15) is 0 Å². The Balaban J connectivity index is 3.36. The van der Waals surface area contributed by atoms with Gasteiger partial charge >= 0.3 is 5.97 Å². The molecule has 3 N–H and O–H groups in total. The van der Waals surface area contributed by atoms with E-state index in [2.05, 4.69) is 55.6 Å². The summed E-state index contributed by atoms with van der Waals surface area (Å²) in [6.07, 6.45) is 87.7. The summed E-state index contributed by atoms with van der Waals surface area (Å²) in [6, 6.07) is -0.625. The topological polar surface area (TPSA) is 95.9 Å². The van der Waals surface area contributed by atoms with Gasteiger partial charge in [-0.2, -0.15) is 0 Å². The van der Waals surface area contributed by atoms with Crippen molar-refractivity contribution >= 4 is 11.9 Å². The standard InChI is InChI=1S/C72H135NO5/c1-3-5-7-9-11-13-15-17-40-44-48-52-56-60-64-70(75)69(68-74)73-71(76)65-61-57-53-49-45-41-38-36-34-32-30-28-26-24-22-20-19-21-23-25-27-29-31-33-35-37-39-43-47-51-55-59-63-67-78-72(77)66-62-58-54-50-46-42-18-16-14-12-10-8-6-4-2/h10,12,16,18,23,25,60,64,69-70,74-75H,3-9,11,13-15,17,19-22,24,26-59,61-63,65-68H2,1-2H3,(H,73,76)/b12-10-,18-16-,25-23-,64-60+. The molecule has 0 aromatic rings. The molecule has 0 fully saturated rings. The average molecular weight is 1090 g/mol. The minimum absolute atomic E-state index is 0.00369. The molecular weight excluding hydrogens is 959 g/mol. The van der Waals surface area contributed by atoms with E-state index in [-0.39, 0.29) is 18.5 Å². The van der Waals surface area contributed by atoms with Gasteiger partial charge in [-0.1, -0.05) is 326 Å². The number of aliphatic hydroxyl groups excluding tert-OH is 2. The van der Waals surface area contributed by atoms with Gasteiger partial charge in [-0.3, -0.25) is 9.59 Å². The van der Waals surface area contributed by atoms with E-state index in [9.17, 15) is 19.8 Å². The lowest BCUT2D eigenvalue weighted by Gasteiger charge is -2.20. The maximum absolute atomic E-state index is 12.5. The number of unbranched alkanes of at least 4 members (excludes halogenated alkanes) is 48. The van der Waals surface area contributed by atoms with Crippen molar-refractivity contribution in [2.45, 2.75) is 386 Å². The van der Waals surface area contributed by atoms with E-state index in [1.165, 1.54) is 295 Å². The summed E-state index contributed by atoms with van der Waals surface area (Å²) >= 11 is 0. The Morgan fingerprint density at radius 1 is 0.359 bits per heavy atom. The fourth-order valence-electron chi connectivity index (χ4n) is 10.7. The highest BCUT2D eigenvalue weighted by Crippen LogP contribution is 2.18. The maximum atomic E-state index is 12.5. The summed E-state index contributed by atoms with van der Waals surface area (Å²) in [6.45, 7) is 4.88. The van der Waals surface area contributed by atoms with Crippen molar-refractivity contribution in [3.63, 3.8) is 0 Å². The lowest BCUT2D eigenvalue weighted by atomic mass is 10.0. The Kier molecular flexibility index (Phi) is 65.4. The number of hydrogen-bond acceptors (Lipinski definition) is 5. The van der Waals surface area contributed by atoms with Crippen molar-refractivity contribution < 1.29 is 24.5 Å². The van der Waals surface area contributed by atoms with E-state index < -0.39 is 12.1 Å². The van der Waals surface area contributed by atoms with Crippen LogP contribution in [0.4, 0.5) is 0 Å². The van der Waals surface area contributed by atoms with Crippen molar-refractivity contribution in [1.82, 2.24) is 5.32 Å². The van der Waals surface area contributed by atoms with Gasteiger partial charge in [-0.05, 0) is 83.5 Å². The fraction of sp³-hybridized carbons (Fsp3) is 0.861. The molecule has 0 bridgehead atoms. The number of allylic oxidation sites excluding steroid dienone is 7. The summed E-state index contributed by atoms with van der Waals surface area (Å²) < 4.78 is 5.48. The molecule has 0 aromatic heterocycles. The maximum Gasteiger partial charge on any atom is 0.305 e. The lowest BCUT2D eigenvalue weighted by molar-refractivity contribution is -0.143. The van der Waals surface area contributed by atoms with Crippen LogP contribution in [-0.4, -0.2) is 47.4 Å². The highest BCUT2D eigenvalue weighted by molar-refractivity contribution is 5.76. The van der Waals surface area contributed by atoms with Crippen molar-refractivity contribution in [1.29, 1.82) is 0 Å². The molecule has 0 saturated heterocycles. The first-order valence-electron chi connectivity index (χ1n) is 34.9. The molecule has 0 rings (SSSR count). The van der Waals surface area contributed by atoms with Crippen LogP contribution in [0.25, 0.3) is 0 Å². The second-order valence-corrected chi connectivity index (χ2v) is 23.9. The number of ether oxygens (including phenoxy) is 1. The third kappa shape index (κ3) is 63.0. The predicted octanol–water partition coefficient (Wildman–Crippen LogP) is 22.5. The van der Waals surface area contributed by atoms with E-state index in [1.54, 1.807) is 6.08 Å². The minimum atomic E-state index is -0.842. The zero-order valence-corrected chi connectivity index (χ0v) is 52.4. The third-order valence-electron chi connectivity index (χ3n) is 16.1. The first kappa shape index (κ1) is 75.8. The van der Waals surface area contributed by atoms with Gasteiger partial charge in [0.05, 0.1) is 25.4 Å². The number of nitrogens with one attached hydrogen (secondary N) is 1. The molecule has 458 valence electrons. The van der Waals surface area contributed by atoms with Crippen molar-refractivity contribution in [2.24, 2.45) is 0 Å². The molecule has 0 spiro atoms. The molecule has 2 unspecified atom stereocenters. The van der Waals surface area contributed by atoms with Crippen molar-refractivity contribution in [2.75, 3.05) is 13.2 Å². The molecule has 0 aromatic carbocycles. The molecular formula is C72H135NO5. The van der Waals surface area contributed by atoms with Crippen LogP contribution in [0.3, 0.4) is 0 Å². The monoisotopic (exact) mass is 1090 g/mol. The van der Waals surface area contributed by atoms with Crippen LogP contribution in [0.2, 0.25) is 0 Å². The summed E-state index contributed by atoms with van der Waals surface area (Å²) in [5.74, 6) is -0.0599. The summed E-state index contributed by atoms with van der Waals surface area (Å²) in [5, 5.41) is 23.1. The number of carbonyl (C=O) groups excluding carboxylic acids is 2. The van der Waals surface area contributed by atoms with Gasteiger partial charge in [0.25, 0.3) is 0 Å². The molecule has 2 atom stereocenters. The van der Waals surface area contributed by atoms with Crippen LogP contribution in [-0.2, 0) is 14.3 Å². The van der Waals surface area contributed by atoms with Gasteiger partial charge in [-0.15, -0.1) is 0 Å². The van der Waals surface area contributed by atoms with Gasteiger partial charge in [0.2, 0.25) is 5.91 Å². The first-order chi connectivity index (χ1) is 38.5. The summed E-state index contributed by atoms with van der Waals surface area (Å²) in [7, 11) is 0. The van der Waals surface area contributed by atoms with E-state index in [0.717, 1.165) is 51.4 Å². The molecule has 6 nitrogen and oxygen atoms in total. The van der Waals surface area contributed by atoms with Gasteiger partial charge in [0, 0.05) is 12.8 Å². The number of rotatable bonds is 65. The highest BCUT2D eigenvalue weighted by atomic mass is 16.5. The number of aliphatic hydroxyl groups is 2. The highest BCUT2D eigenvalue weighted by Gasteiger charge is 2.18. The van der Waals surface area contributed by atoms with Crippen molar-refractivity contribution in [3.8, 4) is 0 Å². The normalized spacial score (nSPS) is 12.8. The molecule has 78 heavy (non-hydrogen) atoms. The zero-order valence-electron chi connectivity index (χ0n) is 52.4. The van der Waals surface area contributed by atoms with E-state index >= 15 is 0 Å². The molecule has 1 amide bonds. The largest absolute Gasteiger partial charge is 0.466 e. The molecule has 0 heterocycles. The van der Waals surface area contributed by atoms with Crippen LogP contribution in [0.1, 0.15) is 373 Å². The number of hydrogen-bond donors (Lipinski definition) is 3. The Morgan fingerprint density at radius 3 is 1.03 bits per heavy atom. The molecule has 0 saturated carbocycles. The average Bonchev–Trinajstić information content (AvgIpc) is 3.44. The summed E-state index contributed by atoms with van der Waals surface area (Å²) in [4.78, 5) is 24.5. The minimum Gasteiger partial charge on any atom is -0.466 e.